The normalized spacial score (nSPS) is 12.7. The van der Waals surface area contributed by atoms with Crippen LogP contribution in [0.1, 0.15) is 6.92 Å². The summed E-state index contributed by atoms with van der Waals surface area (Å²) in [4.78, 5) is 12.1. The Morgan fingerprint density at radius 2 is 1.65 bits per heavy atom. The third-order valence-corrected chi connectivity index (χ3v) is 5.05. The predicted molar refractivity (Wildman–Crippen MR) is 89.0 cm³/mol. The third-order valence-electron chi connectivity index (χ3n) is 2.96. The monoisotopic (exact) mass is 400 g/mol. The van der Waals surface area contributed by atoms with Crippen LogP contribution < -0.4 is 10.0 Å². The fourth-order valence-corrected chi connectivity index (χ4v) is 3.22. The molecule has 2 N–H and O–H groups in total. The summed E-state index contributed by atoms with van der Waals surface area (Å²) in [6, 6.07) is 10.2. The smallest absolute Gasteiger partial charge is 0.242 e. The minimum absolute atomic E-state index is 0.0575. The Balaban J connectivity index is 2.05. The van der Waals surface area contributed by atoms with Crippen LogP contribution in [-0.4, -0.2) is 20.4 Å². The van der Waals surface area contributed by atoms with Crippen molar-refractivity contribution in [3.8, 4) is 0 Å². The molecular formula is C15H14BrFN2O3S. The molecule has 1 amide bonds. The van der Waals surface area contributed by atoms with Gasteiger partial charge >= 0.3 is 0 Å². The Kier molecular flexibility index (Phi) is 5.51. The summed E-state index contributed by atoms with van der Waals surface area (Å²) in [6.07, 6.45) is 0. The zero-order chi connectivity index (χ0) is 17.0. The molecule has 0 radical (unpaired) electrons. The molecule has 2 rings (SSSR count). The van der Waals surface area contributed by atoms with Gasteiger partial charge in [-0.15, -0.1) is 0 Å². The highest BCUT2D eigenvalue weighted by Gasteiger charge is 2.22. The van der Waals surface area contributed by atoms with E-state index in [9.17, 15) is 17.6 Å². The second-order valence-corrected chi connectivity index (χ2v) is 7.42. The largest absolute Gasteiger partial charge is 0.325 e. The number of benzene rings is 2. The minimum Gasteiger partial charge on any atom is -0.325 e. The fourth-order valence-electron chi connectivity index (χ4n) is 1.75. The van der Waals surface area contributed by atoms with Crippen molar-refractivity contribution in [1.82, 2.24) is 4.72 Å². The van der Waals surface area contributed by atoms with Gasteiger partial charge in [-0.1, -0.05) is 15.9 Å². The second kappa shape index (κ2) is 7.20. The average Bonchev–Trinajstić information content (AvgIpc) is 2.49. The van der Waals surface area contributed by atoms with Crippen LogP contribution in [0.3, 0.4) is 0 Å². The lowest BCUT2D eigenvalue weighted by molar-refractivity contribution is -0.117. The summed E-state index contributed by atoms with van der Waals surface area (Å²) in [7, 11) is -3.81. The molecule has 0 saturated heterocycles. The Bertz CT molecular complexity index is 792. The van der Waals surface area contributed by atoms with E-state index in [1.807, 2.05) is 0 Å². The minimum atomic E-state index is -3.81. The van der Waals surface area contributed by atoms with Crippen LogP contribution in [0.2, 0.25) is 0 Å². The molecule has 0 fully saturated rings. The first-order chi connectivity index (χ1) is 10.8. The summed E-state index contributed by atoms with van der Waals surface area (Å²) in [5, 5.41) is 2.51. The van der Waals surface area contributed by atoms with Gasteiger partial charge in [0.1, 0.15) is 5.82 Å². The molecular weight excluding hydrogens is 387 g/mol. The molecule has 5 nitrogen and oxygen atoms in total. The first-order valence-corrected chi connectivity index (χ1v) is 8.90. The first kappa shape index (κ1) is 17.6. The molecule has 0 bridgehead atoms. The van der Waals surface area contributed by atoms with Crippen molar-refractivity contribution in [3.63, 3.8) is 0 Å². The number of carbonyl (C=O) groups is 1. The van der Waals surface area contributed by atoms with Gasteiger partial charge in [-0.2, -0.15) is 4.72 Å². The van der Waals surface area contributed by atoms with Crippen LogP contribution in [0.4, 0.5) is 10.1 Å². The number of carbonyl (C=O) groups excluding carboxylic acids is 1. The highest BCUT2D eigenvalue weighted by atomic mass is 79.9. The van der Waals surface area contributed by atoms with Gasteiger partial charge in [0.05, 0.1) is 10.9 Å². The van der Waals surface area contributed by atoms with E-state index in [4.69, 9.17) is 0 Å². The lowest BCUT2D eigenvalue weighted by atomic mass is 10.3. The van der Waals surface area contributed by atoms with E-state index >= 15 is 0 Å². The van der Waals surface area contributed by atoms with E-state index in [0.29, 0.717) is 5.69 Å². The van der Waals surface area contributed by atoms with Crippen LogP contribution in [0.5, 0.6) is 0 Å². The zero-order valence-electron chi connectivity index (χ0n) is 12.1. The molecule has 0 aliphatic heterocycles. The summed E-state index contributed by atoms with van der Waals surface area (Å²) in [6.45, 7) is 1.43. The van der Waals surface area contributed by atoms with E-state index in [1.165, 1.54) is 43.3 Å². The molecule has 0 heterocycles. The van der Waals surface area contributed by atoms with Gasteiger partial charge in [-0.3, -0.25) is 4.79 Å². The fraction of sp³-hybridized carbons (Fsp3) is 0.133. The van der Waals surface area contributed by atoms with Gasteiger partial charge in [-0.05, 0) is 55.5 Å². The SMILES string of the molecule is CC(NS(=O)(=O)c1ccc(Br)cc1)C(=O)Nc1ccc(F)cc1. The number of nitrogens with one attached hydrogen (secondary N) is 2. The maximum absolute atomic E-state index is 12.8. The molecule has 0 spiro atoms. The van der Waals surface area contributed by atoms with E-state index in [1.54, 1.807) is 12.1 Å². The van der Waals surface area contributed by atoms with Crippen LogP contribution in [0, 0.1) is 5.82 Å². The van der Waals surface area contributed by atoms with E-state index < -0.39 is 27.8 Å². The summed E-state index contributed by atoms with van der Waals surface area (Å²) < 4.78 is 40.3. The second-order valence-electron chi connectivity index (χ2n) is 4.79. The van der Waals surface area contributed by atoms with E-state index in [-0.39, 0.29) is 4.90 Å². The lowest BCUT2D eigenvalue weighted by Crippen LogP contribution is -2.41. The van der Waals surface area contributed by atoms with Crippen molar-refractivity contribution in [2.45, 2.75) is 17.9 Å². The molecule has 1 unspecified atom stereocenters. The van der Waals surface area contributed by atoms with Crippen molar-refractivity contribution in [1.29, 1.82) is 0 Å². The molecule has 8 heteroatoms. The molecule has 0 saturated carbocycles. The highest BCUT2D eigenvalue weighted by molar-refractivity contribution is 9.10. The maximum atomic E-state index is 12.8. The molecule has 0 aliphatic rings. The summed E-state index contributed by atoms with van der Waals surface area (Å²) >= 11 is 3.22. The maximum Gasteiger partial charge on any atom is 0.242 e. The Labute approximate surface area is 142 Å². The van der Waals surface area contributed by atoms with Crippen LogP contribution in [0.25, 0.3) is 0 Å². The van der Waals surface area contributed by atoms with Gasteiger partial charge in [0.25, 0.3) is 0 Å². The standard InChI is InChI=1S/C15H14BrFN2O3S/c1-10(15(20)18-13-6-4-12(17)5-7-13)19-23(21,22)14-8-2-11(16)3-9-14/h2-10,19H,1H3,(H,18,20). The topological polar surface area (TPSA) is 75.3 Å². The molecule has 0 aromatic heterocycles. The van der Waals surface area contributed by atoms with Crippen LogP contribution in [0.15, 0.2) is 57.9 Å². The number of sulfonamides is 1. The number of hydrogen-bond acceptors (Lipinski definition) is 3. The quantitative estimate of drug-likeness (QED) is 0.809. The van der Waals surface area contributed by atoms with Gasteiger partial charge < -0.3 is 5.32 Å². The average molecular weight is 401 g/mol. The van der Waals surface area contributed by atoms with Gasteiger partial charge in [0, 0.05) is 10.2 Å². The summed E-state index contributed by atoms with van der Waals surface area (Å²) in [5.74, 6) is -0.968. The van der Waals surface area contributed by atoms with Crippen molar-refractivity contribution in [2.75, 3.05) is 5.32 Å². The van der Waals surface area contributed by atoms with Gasteiger partial charge in [0.15, 0.2) is 0 Å². The first-order valence-electron chi connectivity index (χ1n) is 6.62. The van der Waals surface area contributed by atoms with Crippen molar-refractivity contribution < 1.29 is 17.6 Å². The number of anilines is 1. The van der Waals surface area contributed by atoms with Crippen LogP contribution in [-0.2, 0) is 14.8 Å². The van der Waals surface area contributed by atoms with Crippen molar-refractivity contribution in [2.24, 2.45) is 0 Å². The third kappa shape index (κ3) is 4.85. The van der Waals surface area contributed by atoms with Gasteiger partial charge in [0.2, 0.25) is 15.9 Å². The Morgan fingerprint density at radius 3 is 2.22 bits per heavy atom. The molecule has 1 atom stereocenters. The molecule has 122 valence electrons. The number of rotatable bonds is 5. The predicted octanol–water partition coefficient (Wildman–Crippen LogP) is 2.89. The molecule has 2 aromatic carbocycles. The molecule has 0 aliphatic carbocycles. The Hall–Kier alpha value is -1.77. The van der Waals surface area contributed by atoms with Gasteiger partial charge in [-0.25, -0.2) is 12.8 Å². The Morgan fingerprint density at radius 1 is 1.09 bits per heavy atom. The number of amides is 1. The highest BCUT2D eigenvalue weighted by Crippen LogP contribution is 2.15. The number of hydrogen-bond donors (Lipinski definition) is 2. The number of halogens is 2. The molecule has 2 aromatic rings. The van der Waals surface area contributed by atoms with Crippen LogP contribution >= 0.6 is 15.9 Å². The van der Waals surface area contributed by atoms with E-state index in [0.717, 1.165) is 4.47 Å². The summed E-state index contributed by atoms with van der Waals surface area (Å²) in [5.41, 5.74) is 0.381. The van der Waals surface area contributed by atoms with Crippen molar-refractivity contribution in [3.05, 3.63) is 58.8 Å². The molecule has 23 heavy (non-hydrogen) atoms. The lowest BCUT2D eigenvalue weighted by Gasteiger charge is -2.14. The van der Waals surface area contributed by atoms with Crippen molar-refractivity contribution >= 4 is 37.5 Å². The van der Waals surface area contributed by atoms with E-state index in [2.05, 4.69) is 26.0 Å². The zero-order valence-corrected chi connectivity index (χ0v) is 14.5.